The Morgan fingerprint density at radius 1 is 1.39 bits per heavy atom. The second kappa shape index (κ2) is 5.75. The van der Waals surface area contributed by atoms with E-state index in [4.69, 9.17) is 11.6 Å². The van der Waals surface area contributed by atoms with E-state index in [2.05, 4.69) is 11.9 Å². The minimum atomic E-state index is 0.0573. The third kappa shape index (κ3) is 3.05. The third-order valence-corrected chi connectivity index (χ3v) is 4.07. The molecular formula is C15H20ClNO. The van der Waals surface area contributed by atoms with Gasteiger partial charge in [-0.1, -0.05) is 24.4 Å². The van der Waals surface area contributed by atoms with Gasteiger partial charge in [0, 0.05) is 19.2 Å². The van der Waals surface area contributed by atoms with E-state index in [0.717, 1.165) is 18.2 Å². The summed E-state index contributed by atoms with van der Waals surface area (Å²) in [6, 6.07) is 5.58. The summed E-state index contributed by atoms with van der Waals surface area (Å²) >= 11 is 6.26. The van der Waals surface area contributed by atoms with Gasteiger partial charge in [0.25, 0.3) is 0 Å². The van der Waals surface area contributed by atoms with Gasteiger partial charge < -0.3 is 4.90 Å². The molecule has 3 heteroatoms. The lowest BCUT2D eigenvalue weighted by Gasteiger charge is -2.24. The predicted octanol–water partition coefficient (Wildman–Crippen LogP) is 4.17. The first-order valence-electron chi connectivity index (χ1n) is 6.59. The lowest BCUT2D eigenvalue weighted by molar-refractivity contribution is 0.101. The van der Waals surface area contributed by atoms with Crippen molar-refractivity contribution in [3.8, 4) is 0 Å². The molecule has 0 aromatic heterocycles. The fourth-order valence-electron chi connectivity index (χ4n) is 2.71. The highest BCUT2D eigenvalue weighted by Crippen LogP contribution is 2.30. The zero-order valence-corrected chi connectivity index (χ0v) is 11.8. The van der Waals surface area contributed by atoms with E-state index in [1.807, 2.05) is 12.1 Å². The van der Waals surface area contributed by atoms with E-state index >= 15 is 0 Å². The number of Topliss-reactive ketones (excluding diaryl/α,β-unsaturated/α-hetero) is 1. The molecule has 0 saturated heterocycles. The van der Waals surface area contributed by atoms with Gasteiger partial charge in [0.15, 0.2) is 5.78 Å². The zero-order valence-electron chi connectivity index (χ0n) is 11.1. The van der Waals surface area contributed by atoms with Crippen LogP contribution in [0.1, 0.15) is 43.0 Å². The molecule has 1 aromatic carbocycles. The van der Waals surface area contributed by atoms with Gasteiger partial charge in [-0.25, -0.2) is 0 Å². The van der Waals surface area contributed by atoms with Gasteiger partial charge in [-0.05, 0) is 43.9 Å². The number of rotatable bonds is 4. The van der Waals surface area contributed by atoms with Gasteiger partial charge >= 0.3 is 0 Å². The normalized spacial score (nSPS) is 15.9. The molecule has 1 fully saturated rings. The summed E-state index contributed by atoms with van der Waals surface area (Å²) in [6.45, 7) is 2.62. The standard InChI is InChI=1S/C15H20ClNO/c1-11(18)13-7-8-15(14(16)9-13)17(2)10-12-5-3-4-6-12/h7-9,12H,3-6,10H2,1-2H3. The average Bonchev–Trinajstić information content (AvgIpc) is 2.81. The van der Waals surface area contributed by atoms with Crippen molar-refractivity contribution in [3.63, 3.8) is 0 Å². The first-order valence-corrected chi connectivity index (χ1v) is 6.97. The van der Waals surface area contributed by atoms with E-state index in [1.165, 1.54) is 25.7 Å². The number of carbonyl (C=O) groups is 1. The molecule has 0 heterocycles. The van der Waals surface area contributed by atoms with Gasteiger partial charge in [-0.15, -0.1) is 0 Å². The Bertz CT molecular complexity index is 438. The van der Waals surface area contributed by atoms with Crippen molar-refractivity contribution in [2.45, 2.75) is 32.6 Å². The largest absolute Gasteiger partial charge is 0.373 e. The summed E-state index contributed by atoms with van der Waals surface area (Å²) in [5.74, 6) is 0.848. The highest BCUT2D eigenvalue weighted by Gasteiger charge is 2.18. The number of benzene rings is 1. The number of nitrogens with zero attached hydrogens (tertiary/aromatic N) is 1. The molecule has 0 N–H and O–H groups in total. The van der Waals surface area contributed by atoms with Crippen LogP contribution in [0.3, 0.4) is 0 Å². The Morgan fingerprint density at radius 3 is 2.61 bits per heavy atom. The Balaban J connectivity index is 2.09. The van der Waals surface area contributed by atoms with Crippen LogP contribution < -0.4 is 4.90 Å². The SMILES string of the molecule is CC(=O)c1ccc(N(C)CC2CCCC2)c(Cl)c1. The van der Waals surface area contributed by atoms with Crippen molar-refractivity contribution in [1.29, 1.82) is 0 Å². The Hall–Kier alpha value is -1.02. The summed E-state index contributed by atoms with van der Waals surface area (Å²) in [4.78, 5) is 13.5. The summed E-state index contributed by atoms with van der Waals surface area (Å²) < 4.78 is 0. The molecule has 1 saturated carbocycles. The van der Waals surface area contributed by atoms with Crippen LogP contribution in [0, 0.1) is 5.92 Å². The van der Waals surface area contributed by atoms with Gasteiger partial charge in [0.2, 0.25) is 0 Å². The lowest BCUT2D eigenvalue weighted by atomic mass is 10.1. The molecule has 2 nitrogen and oxygen atoms in total. The van der Waals surface area contributed by atoms with Crippen LogP contribution in [0.5, 0.6) is 0 Å². The van der Waals surface area contributed by atoms with E-state index in [-0.39, 0.29) is 5.78 Å². The van der Waals surface area contributed by atoms with Crippen molar-refractivity contribution >= 4 is 23.1 Å². The highest BCUT2D eigenvalue weighted by atomic mass is 35.5. The van der Waals surface area contributed by atoms with Crippen LogP contribution in [0.15, 0.2) is 18.2 Å². The van der Waals surface area contributed by atoms with Crippen molar-refractivity contribution in [1.82, 2.24) is 0 Å². The van der Waals surface area contributed by atoms with E-state index in [9.17, 15) is 4.79 Å². The molecule has 1 aliphatic rings. The monoisotopic (exact) mass is 265 g/mol. The molecule has 0 aliphatic heterocycles. The van der Waals surface area contributed by atoms with Crippen LogP contribution in [0.4, 0.5) is 5.69 Å². The number of hydrogen-bond acceptors (Lipinski definition) is 2. The summed E-state index contributed by atoms with van der Waals surface area (Å²) in [6.07, 6.45) is 5.37. The maximum Gasteiger partial charge on any atom is 0.159 e. The molecule has 2 rings (SSSR count). The van der Waals surface area contributed by atoms with Gasteiger partial charge in [-0.2, -0.15) is 0 Å². The first kappa shape index (κ1) is 13.4. The van der Waals surface area contributed by atoms with Crippen molar-refractivity contribution in [2.75, 3.05) is 18.5 Å². The van der Waals surface area contributed by atoms with Crippen LogP contribution in [0.25, 0.3) is 0 Å². The molecule has 0 atom stereocenters. The lowest BCUT2D eigenvalue weighted by Crippen LogP contribution is -2.24. The van der Waals surface area contributed by atoms with Gasteiger partial charge in [0.1, 0.15) is 0 Å². The molecule has 1 aliphatic carbocycles. The smallest absolute Gasteiger partial charge is 0.159 e. The molecule has 0 amide bonds. The van der Waals surface area contributed by atoms with E-state index in [0.29, 0.717) is 10.6 Å². The quantitative estimate of drug-likeness (QED) is 0.762. The average molecular weight is 266 g/mol. The molecule has 18 heavy (non-hydrogen) atoms. The fourth-order valence-corrected chi connectivity index (χ4v) is 3.04. The van der Waals surface area contributed by atoms with Gasteiger partial charge in [0.05, 0.1) is 10.7 Å². The van der Waals surface area contributed by atoms with Crippen molar-refractivity contribution in [3.05, 3.63) is 28.8 Å². The van der Waals surface area contributed by atoms with Crippen LogP contribution in [-0.2, 0) is 0 Å². The van der Waals surface area contributed by atoms with E-state index in [1.54, 1.807) is 13.0 Å². The minimum absolute atomic E-state index is 0.0573. The molecule has 0 bridgehead atoms. The molecule has 1 aromatic rings. The third-order valence-electron chi connectivity index (χ3n) is 3.77. The topological polar surface area (TPSA) is 20.3 Å². The van der Waals surface area contributed by atoms with Gasteiger partial charge in [-0.3, -0.25) is 4.79 Å². The molecule has 0 spiro atoms. The van der Waals surface area contributed by atoms with Crippen LogP contribution >= 0.6 is 11.6 Å². The van der Waals surface area contributed by atoms with Crippen molar-refractivity contribution in [2.24, 2.45) is 5.92 Å². The summed E-state index contributed by atoms with van der Waals surface area (Å²) in [7, 11) is 2.08. The number of halogens is 1. The predicted molar refractivity (Wildman–Crippen MR) is 76.7 cm³/mol. The van der Waals surface area contributed by atoms with Crippen molar-refractivity contribution < 1.29 is 4.79 Å². The number of anilines is 1. The zero-order chi connectivity index (χ0) is 13.1. The Labute approximate surface area is 114 Å². The maximum absolute atomic E-state index is 11.3. The summed E-state index contributed by atoms with van der Waals surface area (Å²) in [5.41, 5.74) is 1.70. The molecular weight excluding hydrogens is 246 g/mol. The minimum Gasteiger partial charge on any atom is -0.373 e. The Morgan fingerprint density at radius 2 is 2.06 bits per heavy atom. The molecule has 0 radical (unpaired) electrons. The van der Waals surface area contributed by atoms with Crippen LogP contribution in [0.2, 0.25) is 5.02 Å². The maximum atomic E-state index is 11.3. The highest BCUT2D eigenvalue weighted by molar-refractivity contribution is 6.33. The van der Waals surface area contributed by atoms with Crippen LogP contribution in [-0.4, -0.2) is 19.4 Å². The summed E-state index contributed by atoms with van der Waals surface area (Å²) in [5, 5.41) is 0.670. The second-order valence-electron chi connectivity index (χ2n) is 5.25. The molecule has 98 valence electrons. The first-order chi connectivity index (χ1) is 8.58. The number of hydrogen-bond donors (Lipinski definition) is 0. The molecule has 0 unspecified atom stereocenters. The Kier molecular flexibility index (Phi) is 4.28. The van der Waals surface area contributed by atoms with E-state index < -0.39 is 0 Å². The number of ketones is 1. The second-order valence-corrected chi connectivity index (χ2v) is 5.66. The fraction of sp³-hybridized carbons (Fsp3) is 0.533. The number of carbonyl (C=O) groups excluding carboxylic acids is 1.